The predicted octanol–water partition coefficient (Wildman–Crippen LogP) is 2.74. The average molecular weight is 470 g/mol. The number of sulfonamides is 1. The second-order valence-electron chi connectivity index (χ2n) is 9.03. The molecule has 7 nitrogen and oxygen atoms in total. The van der Waals surface area contributed by atoms with Crippen molar-refractivity contribution in [3.05, 3.63) is 59.7 Å². The fourth-order valence-corrected chi connectivity index (χ4v) is 5.65. The van der Waals surface area contributed by atoms with Gasteiger partial charge in [-0.05, 0) is 61.9 Å². The number of nitrogens with one attached hydrogen (secondary N) is 1. The highest BCUT2D eigenvalue weighted by molar-refractivity contribution is 7.89. The van der Waals surface area contributed by atoms with Crippen LogP contribution in [-0.2, 0) is 32.5 Å². The first-order valence-corrected chi connectivity index (χ1v) is 12.9. The van der Waals surface area contributed by atoms with Crippen LogP contribution < -0.4 is 10.2 Å². The number of fused-ring (bicyclic) bond motifs is 1. The van der Waals surface area contributed by atoms with Crippen LogP contribution in [0.3, 0.4) is 0 Å². The summed E-state index contributed by atoms with van der Waals surface area (Å²) in [6.45, 7) is 2.19. The van der Waals surface area contributed by atoms with Crippen molar-refractivity contribution in [3.63, 3.8) is 0 Å². The molecule has 1 fully saturated rings. The van der Waals surface area contributed by atoms with E-state index in [1.54, 1.807) is 12.1 Å². The van der Waals surface area contributed by atoms with E-state index in [1.807, 2.05) is 42.2 Å². The number of nitrogens with zero attached hydrogens (tertiary/aromatic N) is 2. The maximum absolute atomic E-state index is 13.1. The van der Waals surface area contributed by atoms with Gasteiger partial charge in [0.2, 0.25) is 21.8 Å². The first-order valence-electron chi connectivity index (χ1n) is 11.5. The van der Waals surface area contributed by atoms with E-state index < -0.39 is 10.0 Å². The molecule has 0 spiro atoms. The molecule has 2 aliphatic rings. The molecule has 2 amide bonds. The molecule has 1 N–H and O–H groups in total. The lowest BCUT2D eigenvalue weighted by molar-refractivity contribution is -0.125. The molecule has 1 aliphatic carbocycles. The molecule has 1 heterocycles. The lowest BCUT2D eigenvalue weighted by atomic mass is 9.84. The van der Waals surface area contributed by atoms with E-state index in [2.05, 4.69) is 5.32 Å². The number of benzene rings is 2. The van der Waals surface area contributed by atoms with Crippen LogP contribution in [0.15, 0.2) is 53.4 Å². The molecule has 2 aromatic rings. The maximum Gasteiger partial charge on any atom is 0.243 e. The Morgan fingerprint density at radius 1 is 1.12 bits per heavy atom. The minimum Gasteiger partial charge on any atom is -0.355 e. The monoisotopic (exact) mass is 469 g/mol. The van der Waals surface area contributed by atoms with Crippen molar-refractivity contribution in [3.8, 4) is 0 Å². The molecule has 1 saturated carbocycles. The zero-order valence-electron chi connectivity index (χ0n) is 19.2. The van der Waals surface area contributed by atoms with Crippen molar-refractivity contribution < 1.29 is 18.0 Å². The van der Waals surface area contributed by atoms with Crippen LogP contribution in [0.25, 0.3) is 0 Å². The maximum atomic E-state index is 13.1. The lowest BCUT2D eigenvalue weighted by Crippen LogP contribution is -2.42. The SMILES string of the molecule is CC1Cc2cc(S(=O)(=O)N(C)CC(=O)NCCc3ccccc3)ccc2N1C(=O)C1CCC1. The van der Waals surface area contributed by atoms with Crippen LogP contribution in [0.2, 0.25) is 0 Å². The molecule has 176 valence electrons. The van der Waals surface area contributed by atoms with Gasteiger partial charge in [0.05, 0.1) is 11.4 Å². The Labute approximate surface area is 195 Å². The number of hydrogen-bond acceptors (Lipinski definition) is 4. The Kier molecular flexibility index (Phi) is 6.86. The first-order chi connectivity index (χ1) is 15.8. The Morgan fingerprint density at radius 2 is 1.85 bits per heavy atom. The molecule has 8 heteroatoms. The molecule has 4 rings (SSSR count). The Balaban J connectivity index is 1.39. The third kappa shape index (κ3) is 4.96. The van der Waals surface area contributed by atoms with Crippen molar-refractivity contribution in [2.24, 2.45) is 5.92 Å². The van der Waals surface area contributed by atoms with Crippen molar-refractivity contribution in [2.45, 2.75) is 50.0 Å². The summed E-state index contributed by atoms with van der Waals surface area (Å²) in [6.07, 6.45) is 4.27. The minimum absolute atomic E-state index is 0.0131. The van der Waals surface area contributed by atoms with Crippen LogP contribution in [0.5, 0.6) is 0 Å². The van der Waals surface area contributed by atoms with E-state index in [0.29, 0.717) is 19.4 Å². The van der Waals surface area contributed by atoms with Crippen molar-refractivity contribution in [2.75, 3.05) is 25.0 Å². The summed E-state index contributed by atoms with van der Waals surface area (Å²) in [7, 11) is -2.42. The molecule has 33 heavy (non-hydrogen) atoms. The standard InChI is InChI=1S/C25H31N3O4S/c1-18-15-21-16-22(11-12-23(21)28(18)25(30)20-9-6-10-20)33(31,32)27(2)17-24(29)26-14-13-19-7-4-3-5-8-19/h3-5,7-8,11-12,16,18,20H,6,9-10,13-15,17H2,1-2H3,(H,26,29). The van der Waals surface area contributed by atoms with Gasteiger partial charge in [0.25, 0.3) is 0 Å². The summed E-state index contributed by atoms with van der Waals surface area (Å²) in [5, 5.41) is 2.78. The van der Waals surface area contributed by atoms with Crippen LogP contribution in [-0.4, -0.2) is 50.7 Å². The summed E-state index contributed by atoms with van der Waals surface area (Å²) in [4.78, 5) is 27.1. The van der Waals surface area contributed by atoms with Gasteiger partial charge in [0.1, 0.15) is 0 Å². The third-order valence-electron chi connectivity index (χ3n) is 6.61. The van der Waals surface area contributed by atoms with E-state index in [0.717, 1.165) is 40.4 Å². The quantitative estimate of drug-likeness (QED) is 0.644. The molecular weight excluding hydrogens is 438 g/mol. The second kappa shape index (κ2) is 9.65. The largest absolute Gasteiger partial charge is 0.355 e. The fraction of sp³-hybridized carbons (Fsp3) is 0.440. The van der Waals surface area contributed by atoms with Crippen LogP contribution in [0, 0.1) is 5.92 Å². The van der Waals surface area contributed by atoms with Gasteiger partial charge < -0.3 is 10.2 Å². The van der Waals surface area contributed by atoms with Crippen LogP contribution in [0.1, 0.15) is 37.3 Å². The summed E-state index contributed by atoms with van der Waals surface area (Å²) >= 11 is 0. The van der Waals surface area contributed by atoms with Crippen molar-refractivity contribution in [1.29, 1.82) is 0 Å². The zero-order valence-corrected chi connectivity index (χ0v) is 20.0. The normalized spacial score (nSPS) is 18.2. The smallest absolute Gasteiger partial charge is 0.243 e. The number of carbonyl (C=O) groups excluding carboxylic acids is 2. The van der Waals surface area contributed by atoms with E-state index in [4.69, 9.17) is 0 Å². The van der Waals surface area contributed by atoms with Crippen LogP contribution >= 0.6 is 0 Å². The summed E-state index contributed by atoms with van der Waals surface area (Å²) in [6, 6.07) is 14.7. The summed E-state index contributed by atoms with van der Waals surface area (Å²) < 4.78 is 27.2. The topological polar surface area (TPSA) is 86.8 Å². The first kappa shape index (κ1) is 23.4. The third-order valence-corrected chi connectivity index (χ3v) is 8.41. The van der Waals surface area contributed by atoms with E-state index >= 15 is 0 Å². The lowest BCUT2D eigenvalue weighted by Gasteiger charge is -2.32. The van der Waals surface area contributed by atoms with Gasteiger partial charge in [-0.2, -0.15) is 4.31 Å². The van der Waals surface area contributed by atoms with Crippen molar-refractivity contribution >= 4 is 27.5 Å². The average Bonchev–Trinajstić information content (AvgIpc) is 3.08. The number of rotatable bonds is 8. The highest BCUT2D eigenvalue weighted by Gasteiger charge is 2.37. The fourth-order valence-electron chi connectivity index (χ4n) is 4.47. The summed E-state index contributed by atoms with van der Waals surface area (Å²) in [5.74, 6) is -0.107. The molecule has 0 radical (unpaired) electrons. The summed E-state index contributed by atoms with van der Waals surface area (Å²) in [5.41, 5.74) is 2.77. The Bertz CT molecular complexity index is 1130. The highest BCUT2D eigenvalue weighted by Crippen LogP contribution is 2.38. The molecule has 1 aliphatic heterocycles. The molecule has 1 unspecified atom stereocenters. The molecule has 0 bridgehead atoms. The molecular formula is C25H31N3O4S. The molecule has 1 atom stereocenters. The highest BCUT2D eigenvalue weighted by atomic mass is 32.2. The second-order valence-corrected chi connectivity index (χ2v) is 11.1. The van der Waals surface area contributed by atoms with Gasteiger partial charge >= 0.3 is 0 Å². The molecule has 0 aromatic heterocycles. The Hall–Kier alpha value is -2.71. The Morgan fingerprint density at radius 3 is 2.52 bits per heavy atom. The van der Waals surface area contributed by atoms with Gasteiger partial charge in [-0.3, -0.25) is 9.59 Å². The van der Waals surface area contributed by atoms with Crippen molar-refractivity contribution in [1.82, 2.24) is 9.62 Å². The van der Waals surface area contributed by atoms with Gasteiger partial charge in [0.15, 0.2) is 0 Å². The molecule has 2 aromatic carbocycles. The number of hydrogen-bond donors (Lipinski definition) is 1. The van der Waals surface area contributed by atoms with Crippen LogP contribution in [0.4, 0.5) is 5.69 Å². The number of carbonyl (C=O) groups is 2. The van der Waals surface area contributed by atoms with E-state index in [9.17, 15) is 18.0 Å². The number of anilines is 1. The van der Waals surface area contributed by atoms with Gasteiger partial charge in [-0.15, -0.1) is 0 Å². The van der Waals surface area contributed by atoms with Gasteiger partial charge in [-0.25, -0.2) is 8.42 Å². The number of amides is 2. The minimum atomic E-state index is -3.83. The van der Waals surface area contributed by atoms with E-state index in [-0.39, 0.29) is 35.2 Å². The molecule has 0 saturated heterocycles. The predicted molar refractivity (Wildman–Crippen MR) is 127 cm³/mol. The van der Waals surface area contributed by atoms with E-state index in [1.165, 1.54) is 13.1 Å². The van der Waals surface area contributed by atoms with Gasteiger partial charge in [-0.1, -0.05) is 36.8 Å². The zero-order chi connectivity index (χ0) is 23.6. The number of likely N-dealkylation sites (N-methyl/N-ethyl adjacent to an activating group) is 1. The van der Waals surface area contributed by atoms with Gasteiger partial charge in [0, 0.05) is 31.2 Å².